The lowest BCUT2D eigenvalue weighted by atomic mass is 9.95. The van der Waals surface area contributed by atoms with Gasteiger partial charge < -0.3 is 47.7 Å². The second-order valence-corrected chi connectivity index (χ2v) is 28.0. The molecule has 10 aromatic heterocycles. The van der Waals surface area contributed by atoms with Gasteiger partial charge in [-0.25, -0.2) is 37.2 Å². The number of hydrogen-bond donors (Lipinski definition) is 1. The summed E-state index contributed by atoms with van der Waals surface area (Å²) in [6.07, 6.45) is 1.96. The number of rotatable bonds is 14. The molecule has 0 saturated heterocycles. The van der Waals surface area contributed by atoms with Gasteiger partial charge in [-0.05, 0) is 55.6 Å². The Labute approximate surface area is 578 Å². The molecule has 10 aromatic rings. The van der Waals surface area contributed by atoms with Crippen molar-refractivity contribution in [3.8, 4) is 17.6 Å². The Balaban J connectivity index is 0.000000195. The molecule has 0 aromatic carbocycles. The van der Waals surface area contributed by atoms with E-state index in [1.54, 1.807) is 89.4 Å². The fourth-order valence-electron chi connectivity index (χ4n) is 9.71. The third-order valence-electron chi connectivity index (χ3n) is 14.3. The van der Waals surface area contributed by atoms with Crippen LogP contribution < -0.4 is 14.2 Å². The van der Waals surface area contributed by atoms with Crippen LogP contribution in [0.5, 0.6) is 17.6 Å². The number of aliphatic hydroxyl groups excluding tert-OH is 1. The topological polar surface area (TPSA) is 340 Å². The Hall–Kier alpha value is -9.88. The smallest absolute Gasteiger partial charge is 0.338 e. The SMILES string of the molecule is CCOc1cc(C(=O)OC)cc2nnc(C(C)(C)C)n12.COC(=O)c1cc(OC)n2c(C(C)(C)C)nnc2c1.COC(=O)c1cc(OCCO)n2c(C(C)(C)C)nnc2c1.COC(=O)c1cc(SC)n2c(C(C)(C)C)nnc2c1.COCc1cc(C(=O)OC)cc2nnc(C(C)(C)C)n12. The zero-order valence-corrected chi connectivity index (χ0v) is 61.7. The van der Waals surface area contributed by atoms with Gasteiger partial charge in [0, 0.05) is 52.4 Å². The third kappa shape index (κ3) is 18.3. The number of hydrogen-bond acceptors (Lipinski definition) is 26. The molecule has 10 heterocycles. The number of aliphatic hydroxyl groups is 1. The van der Waals surface area contributed by atoms with Crippen molar-refractivity contribution in [1.29, 1.82) is 0 Å². The summed E-state index contributed by atoms with van der Waals surface area (Å²) in [5, 5.41) is 51.6. The van der Waals surface area contributed by atoms with Crippen LogP contribution in [-0.4, -0.2) is 184 Å². The molecule has 0 spiro atoms. The minimum atomic E-state index is -0.480. The summed E-state index contributed by atoms with van der Waals surface area (Å²) in [4.78, 5) is 58.3. The van der Waals surface area contributed by atoms with Crippen molar-refractivity contribution in [3.63, 3.8) is 0 Å². The summed E-state index contributed by atoms with van der Waals surface area (Å²) < 4.78 is 54.6. The van der Waals surface area contributed by atoms with Gasteiger partial charge in [0.15, 0.2) is 28.2 Å². The molecule has 10 rings (SSSR count). The summed E-state index contributed by atoms with van der Waals surface area (Å²) in [5.74, 6) is 3.33. The monoisotopic (exact) mass is 1390 g/mol. The molecular formula is C68H91N15O15S. The van der Waals surface area contributed by atoms with Crippen molar-refractivity contribution in [2.45, 2.75) is 149 Å². The number of methoxy groups -OCH3 is 7. The maximum absolute atomic E-state index is 11.7. The van der Waals surface area contributed by atoms with E-state index in [4.69, 9.17) is 47.7 Å². The van der Waals surface area contributed by atoms with Crippen LogP contribution in [0.4, 0.5) is 0 Å². The van der Waals surface area contributed by atoms with Crippen LogP contribution in [0, 0.1) is 0 Å². The molecule has 31 heteroatoms. The van der Waals surface area contributed by atoms with Gasteiger partial charge >= 0.3 is 29.8 Å². The summed E-state index contributed by atoms with van der Waals surface area (Å²) in [7, 11) is 9.87. The van der Waals surface area contributed by atoms with Gasteiger partial charge in [0.1, 0.15) is 35.7 Å². The van der Waals surface area contributed by atoms with E-state index in [-0.39, 0.29) is 46.3 Å². The van der Waals surface area contributed by atoms with Gasteiger partial charge in [-0.3, -0.25) is 8.80 Å². The van der Waals surface area contributed by atoms with E-state index in [1.807, 2.05) is 94.8 Å². The highest BCUT2D eigenvalue weighted by Gasteiger charge is 2.30. The van der Waals surface area contributed by atoms with E-state index in [0.29, 0.717) is 92.7 Å². The van der Waals surface area contributed by atoms with E-state index < -0.39 is 23.9 Å². The first-order valence-corrected chi connectivity index (χ1v) is 32.5. The zero-order chi connectivity index (χ0) is 73.9. The number of carbonyl (C=O) groups is 5. The molecule has 0 bridgehead atoms. The number of nitrogens with zero attached hydrogens (tertiary/aromatic N) is 15. The average molecular weight is 1390 g/mol. The zero-order valence-electron chi connectivity index (χ0n) is 60.9. The van der Waals surface area contributed by atoms with Gasteiger partial charge in [0.25, 0.3) is 0 Å². The summed E-state index contributed by atoms with van der Waals surface area (Å²) in [6, 6.07) is 16.7. The molecule has 0 aliphatic heterocycles. The normalized spacial score (nSPS) is 11.7. The first-order valence-electron chi connectivity index (χ1n) is 31.2. The van der Waals surface area contributed by atoms with Crippen LogP contribution in [0.2, 0.25) is 0 Å². The van der Waals surface area contributed by atoms with Crippen LogP contribution in [-0.2, 0) is 62.1 Å². The Bertz CT molecular complexity index is 4290. The molecule has 0 saturated carbocycles. The van der Waals surface area contributed by atoms with Crippen LogP contribution in [0.1, 0.15) is 197 Å². The van der Waals surface area contributed by atoms with Gasteiger partial charge in [-0.2, -0.15) is 0 Å². The Morgan fingerprint density at radius 1 is 0.384 bits per heavy atom. The van der Waals surface area contributed by atoms with Gasteiger partial charge in [-0.1, -0.05) is 104 Å². The first-order chi connectivity index (χ1) is 46.4. The maximum Gasteiger partial charge on any atom is 0.338 e. The second-order valence-electron chi connectivity index (χ2n) is 27.2. The molecule has 0 fully saturated rings. The highest BCUT2D eigenvalue weighted by Crippen LogP contribution is 2.32. The Morgan fingerprint density at radius 3 is 0.970 bits per heavy atom. The van der Waals surface area contributed by atoms with Crippen molar-refractivity contribution in [2.75, 3.05) is 75.8 Å². The van der Waals surface area contributed by atoms with E-state index in [2.05, 4.69) is 92.5 Å². The number of fused-ring (bicyclic) bond motifs is 5. The standard InChI is InChI=1S/C14H19N3O4.2C14H19N3O3.C13H17N3O3.C13H17N3O2S/c1-14(2,3)13-16-15-10-7-9(12(19)20-4)8-11(17(10)13)21-6-5-18;1-14(2,3)13-16-15-11-7-9(12(18)20-5)6-10(8-19-4)17(11)13;1-6-20-11-8-9(12(18)19-5)7-10-15-16-13(17(10)11)14(2,3)4;1-13(2,3)12-15-14-9-6-8(11(17)19-5)7-10(18-4)16(9)12;1-13(2,3)12-15-14-9-6-8(11(17)18-4)7-10(19-5)16(9)12/h7-8,18H,5-6H2,1-4H3;6-7H,8H2,1-5H3;7-8H,6H2,1-5H3;2*6-7H,1-5H3. The third-order valence-corrected chi connectivity index (χ3v) is 15.0. The van der Waals surface area contributed by atoms with Crippen LogP contribution in [0.3, 0.4) is 0 Å². The van der Waals surface area contributed by atoms with Gasteiger partial charge in [-0.15, -0.1) is 62.7 Å². The minimum absolute atomic E-state index is 0.113. The second kappa shape index (κ2) is 32.2. The van der Waals surface area contributed by atoms with Crippen molar-refractivity contribution in [1.82, 2.24) is 73.0 Å². The van der Waals surface area contributed by atoms with Crippen molar-refractivity contribution in [3.05, 3.63) is 123 Å². The van der Waals surface area contributed by atoms with Gasteiger partial charge in [0.05, 0.1) is 101 Å². The molecule has 99 heavy (non-hydrogen) atoms. The summed E-state index contributed by atoms with van der Waals surface area (Å²) in [5.41, 5.74) is 4.89. The fraction of sp³-hybridized carbons (Fsp3) is 0.485. The van der Waals surface area contributed by atoms with Crippen LogP contribution in [0.25, 0.3) is 28.2 Å². The molecule has 534 valence electrons. The van der Waals surface area contributed by atoms with E-state index >= 15 is 0 Å². The molecule has 0 amide bonds. The maximum atomic E-state index is 11.7. The minimum Gasteiger partial charge on any atom is -0.482 e. The number of esters is 5. The Kier molecular flexibility index (Phi) is 25.4. The quantitative estimate of drug-likeness (QED) is 0.0601. The molecule has 0 radical (unpaired) electrons. The lowest BCUT2D eigenvalue weighted by molar-refractivity contribution is 0.0591. The van der Waals surface area contributed by atoms with Crippen molar-refractivity contribution >= 4 is 69.8 Å². The lowest BCUT2D eigenvalue weighted by Gasteiger charge is -2.18. The van der Waals surface area contributed by atoms with Crippen molar-refractivity contribution < 1.29 is 71.7 Å². The highest BCUT2D eigenvalue weighted by molar-refractivity contribution is 7.98. The number of ether oxygens (including phenoxy) is 9. The molecule has 0 atom stereocenters. The predicted octanol–water partition coefficient (Wildman–Crippen LogP) is 9.71. The van der Waals surface area contributed by atoms with Gasteiger partial charge in [0.2, 0.25) is 17.6 Å². The molecule has 1 N–H and O–H groups in total. The average Bonchev–Trinajstić information content (AvgIpc) is 1.71. The number of thioether (sulfide) groups is 1. The summed E-state index contributed by atoms with van der Waals surface area (Å²) in [6.45, 7) is 33.5. The highest BCUT2D eigenvalue weighted by atomic mass is 32.2. The lowest BCUT2D eigenvalue weighted by Crippen LogP contribution is -2.18. The number of aromatic nitrogens is 15. The predicted molar refractivity (Wildman–Crippen MR) is 368 cm³/mol. The molecule has 0 aliphatic rings. The van der Waals surface area contributed by atoms with E-state index in [9.17, 15) is 24.0 Å². The molecular weight excluding hydrogens is 1300 g/mol. The first kappa shape index (κ1) is 78.1. The van der Waals surface area contributed by atoms with Crippen molar-refractivity contribution in [2.24, 2.45) is 0 Å². The largest absolute Gasteiger partial charge is 0.482 e. The Morgan fingerprint density at radius 2 is 0.667 bits per heavy atom. The molecule has 0 aliphatic carbocycles. The van der Waals surface area contributed by atoms with E-state index in [1.165, 1.54) is 35.5 Å². The van der Waals surface area contributed by atoms with E-state index in [0.717, 1.165) is 34.0 Å². The van der Waals surface area contributed by atoms with Crippen LogP contribution >= 0.6 is 11.8 Å². The molecule has 0 unspecified atom stereocenters. The summed E-state index contributed by atoms with van der Waals surface area (Å²) >= 11 is 1.55. The number of carbonyl (C=O) groups excluding carboxylic acids is 5. The fourth-order valence-corrected chi connectivity index (χ4v) is 10.3. The number of pyridine rings is 5. The molecule has 30 nitrogen and oxygen atoms in total. The van der Waals surface area contributed by atoms with Crippen LogP contribution in [0.15, 0.2) is 65.7 Å².